The molecule has 0 N–H and O–H groups in total. The first-order valence-corrected chi connectivity index (χ1v) is 19.5. The van der Waals surface area contributed by atoms with E-state index in [4.69, 9.17) is 0 Å². The maximum atomic E-state index is 2.63. The van der Waals surface area contributed by atoms with Crippen molar-refractivity contribution in [2.75, 3.05) is 0 Å². The van der Waals surface area contributed by atoms with Crippen LogP contribution in [0.15, 0.2) is 56.9 Å². The zero-order chi connectivity index (χ0) is 24.8. The van der Waals surface area contributed by atoms with Crippen LogP contribution in [0.25, 0.3) is 11.1 Å². The van der Waals surface area contributed by atoms with Crippen LogP contribution in [-0.4, -0.2) is 0 Å². The van der Waals surface area contributed by atoms with Crippen molar-refractivity contribution in [2.24, 2.45) is 5.41 Å². The van der Waals surface area contributed by atoms with Crippen LogP contribution in [0.1, 0.15) is 102 Å². The maximum absolute atomic E-state index is 2.63. The predicted molar refractivity (Wildman–Crippen MR) is 146 cm³/mol. The van der Waals surface area contributed by atoms with Crippen LogP contribution in [0.2, 0.25) is 8.26 Å². The van der Waals surface area contributed by atoms with Crippen LogP contribution in [0, 0.1) is 5.41 Å². The van der Waals surface area contributed by atoms with Crippen molar-refractivity contribution < 1.29 is 20.3 Å². The van der Waals surface area contributed by atoms with Crippen molar-refractivity contribution in [3.05, 3.63) is 79.2 Å². The summed E-state index contributed by atoms with van der Waals surface area (Å²) in [5.41, 5.74) is 13.3. The van der Waals surface area contributed by atoms with E-state index in [0.717, 1.165) is 0 Å². The number of fused-ring (bicyclic) bond motifs is 3. The molecular weight excluding hydrogens is 488 g/mol. The molecular formula is C33H44Zr. The Hall–Kier alpha value is -1.20. The standard InChI is InChI=1S/C21H25.C10H15.C2H4.Zr/c1-20(2,3)16-7-9-18-14(12-16)11-15-13-17(21(4,5)6)8-10-19(15)18;1-8-6-5-7-9(8)10(2,3)4;1-2;/h7-13H,1-6H3;6H,5H2,1-4H3;1-2H2;. The van der Waals surface area contributed by atoms with E-state index in [0.29, 0.717) is 3.63 Å². The molecule has 3 aliphatic rings. The normalized spacial score (nSPS) is 19.9. The third-order valence-electron chi connectivity index (χ3n) is 8.75. The van der Waals surface area contributed by atoms with Gasteiger partial charge in [-0.3, -0.25) is 0 Å². The number of hydrogen-bond donors (Lipinski definition) is 0. The first-order chi connectivity index (χ1) is 15.6. The van der Waals surface area contributed by atoms with Crippen molar-refractivity contribution in [3.8, 4) is 11.1 Å². The Labute approximate surface area is 213 Å². The van der Waals surface area contributed by atoms with Gasteiger partial charge in [-0.1, -0.05) is 0 Å². The number of benzene rings is 2. The van der Waals surface area contributed by atoms with Crippen LogP contribution < -0.4 is 0 Å². The summed E-state index contributed by atoms with van der Waals surface area (Å²) in [5.74, 6) is 0. The predicted octanol–water partition coefficient (Wildman–Crippen LogP) is 10.0. The van der Waals surface area contributed by atoms with Gasteiger partial charge in [-0.05, 0) is 0 Å². The average molecular weight is 532 g/mol. The van der Waals surface area contributed by atoms with Gasteiger partial charge in [0.05, 0.1) is 0 Å². The molecule has 2 aromatic rings. The molecule has 0 atom stereocenters. The molecule has 0 nitrogen and oxygen atoms in total. The minimum absolute atomic E-state index is 0.179. The second-order valence-corrected chi connectivity index (χ2v) is 25.4. The molecule has 0 saturated carbocycles. The van der Waals surface area contributed by atoms with Crippen LogP contribution >= 0.6 is 0 Å². The Bertz CT molecular complexity index is 1160. The van der Waals surface area contributed by atoms with Gasteiger partial charge >= 0.3 is 214 Å². The number of allylic oxidation sites excluding steroid dienone is 4. The molecule has 5 rings (SSSR count). The molecule has 0 aromatic heterocycles. The van der Waals surface area contributed by atoms with E-state index in [-0.39, 0.29) is 16.2 Å². The summed E-state index contributed by atoms with van der Waals surface area (Å²) in [5, 5.41) is 0. The fourth-order valence-electron chi connectivity index (χ4n) is 6.88. The Balaban J connectivity index is 1.77. The minimum atomic E-state index is -2.62. The molecule has 1 aliphatic heterocycles. The SMILES string of the molecule is CC1=CC[C]([Zr]2([CH]3c4cc(C(C)(C)C)ccc4-c4ccc(C(C)(C)C)cc43)[CH2][CH2]2)=C1C(C)(C)C. The Morgan fingerprint density at radius 2 is 1.15 bits per heavy atom. The van der Waals surface area contributed by atoms with Crippen LogP contribution in [0.3, 0.4) is 0 Å². The molecule has 1 saturated heterocycles. The fourth-order valence-corrected chi connectivity index (χ4v) is 23.2. The van der Waals surface area contributed by atoms with Gasteiger partial charge < -0.3 is 0 Å². The molecule has 180 valence electrons. The van der Waals surface area contributed by atoms with E-state index in [1.54, 1.807) is 22.3 Å². The first kappa shape index (κ1) is 24.5. The monoisotopic (exact) mass is 530 g/mol. The van der Waals surface area contributed by atoms with Gasteiger partial charge in [-0.15, -0.1) is 0 Å². The van der Waals surface area contributed by atoms with Crippen molar-refractivity contribution in [3.63, 3.8) is 0 Å². The second kappa shape index (κ2) is 7.65. The van der Waals surface area contributed by atoms with Crippen LogP contribution in [-0.2, 0) is 31.1 Å². The molecule has 0 radical (unpaired) electrons. The molecule has 0 bridgehead atoms. The van der Waals surface area contributed by atoms with Crippen LogP contribution in [0.5, 0.6) is 0 Å². The molecule has 0 unspecified atom stereocenters. The molecule has 34 heavy (non-hydrogen) atoms. The molecule has 2 aromatic carbocycles. The van der Waals surface area contributed by atoms with Crippen molar-refractivity contribution in [2.45, 2.75) is 98.4 Å². The van der Waals surface area contributed by atoms with Gasteiger partial charge in [-0.2, -0.15) is 0 Å². The zero-order valence-electron chi connectivity index (χ0n) is 23.2. The van der Waals surface area contributed by atoms with E-state index in [1.165, 1.54) is 36.9 Å². The van der Waals surface area contributed by atoms with Gasteiger partial charge in [0.2, 0.25) is 0 Å². The summed E-state index contributed by atoms with van der Waals surface area (Å²) in [7, 11) is 0. The van der Waals surface area contributed by atoms with Crippen molar-refractivity contribution in [1.82, 2.24) is 0 Å². The topological polar surface area (TPSA) is 0 Å². The molecule has 1 heterocycles. The third kappa shape index (κ3) is 3.80. The zero-order valence-corrected chi connectivity index (χ0v) is 25.7. The van der Waals surface area contributed by atoms with E-state index < -0.39 is 20.3 Å². The van der Waals surface area contributed by atoms with Gasteiger partial charge in [0, 0.05) is 0 Å². The van der Waals surface area contributed by atoms with Crippen molar-refractivity contribution in [1.29, 1.82) is 0 Å². The quantitative estimate of drug-likeness (QED) is 0.361. The number of rotatable bonds is 2. The van der Waals surface area contributed by atoms with E-state index in [1.807, 2.05) is 3.28 Å². The average Bonchev–Trinajstić information content (AvgIpc) is 3.28. The summed E-state index contributed by atoms with van der Waals surface area (Å²) >= 11 is -2.62. The summed E-state index contributed by atoms with van der Waals surface area (Å²) in [6, 6.07) is 15.0. The van der Waals surface area contributed by atoms with Gasteiger partial charge in [0.1, 0.15) is 0 Å². The van der Waals surface area contributed by atoms with E-state index in [2.05, 4.69) is 112 Å². The third-order valence-corrected chi connectivity index (χ3v) is 20.9. The number of hydrogen-bond acceptors (Lipinski definition) is 0. The van der Waals surface area contributed by atoms with Gasteiger partial charge in [-0.25, -0.2) is 0 Å². The first-order valence-electron chi connectivity index (χ1n) is 13.3. The second-order valence-electron chi connectivity index (χ2n) is 14.4. The fraction of sp³-hybridized carbons (Fsp3) is 0.515. The molecule has 2 aliphatic carbocycles. The summed E-state index contributed by atoms with van der Waals surface area (Å²) < 4.78 is 5.67. The van der Waals surface area contributed by atoms with Crippen LogP contribution in [0.4, 0.5) is 0 Å². The Morgan fingerprint density at radius 3 is 1.53 bits per heavy atom. The molecule has 0 amide bonds. The Morgan fingerprint density at radius 1 is 0.676 bits per heavy atom. The Kier molecular flexibility index (Phi) is 5.51. The van der Waals surface area contributed by atoms with Crippen molar-refractivity contribution >= 4 is 0 Å². The summed E-state index contributed by atoms with van der Waals surface area (Å²) in [4.78, 5) is 0. The molecule has 0 spiro atoms. The molecule has 1 fully saturated rings. The van der Waals surface area contributed by atoms with E-state index in [9.17, 15) is 0 Å². The molecule has 1 heteroatoms. The summed E-state index contributed by atoms with van der Waals surface area (Å²) in [6.07, 6.45) is 3.79. The summed E-state index contributed by atoms with van der Waals surface area (Å²) in [6.45, 7) is 23.9. The van der Waals surface area contributed by atoms with Gasteiger partial charge in [0.15, 0.2) is 0 Å². The van der Waals surface area contributed by atoms with Gasteiger partial charge in [0.25, 0.3) is 0 Å². The van der Waals surface area contributed by atoms with E-state index >= 15 is 0 Å².